The number of hydrogen-bond donors (Lipinski definition) is 2. The van der Waals surface area contributed by atoms with Crippen LogP contribution < -0.4 is 11.3 Å². The second-order valence-electron chi connectivity index (χ2n) is 5.46. The molecule has 2 unspecified atom stereocenters. The van der Waals surface area contributed by atoms with E-state index in [4.69, 9.17) is 15.0 Å². The van der Waals surface area contributed by atoms with Gasteiger partial charge in [-0.05, 0) is 25.6 Å². The molecule has 0 amide bonds. The maximum Gasteiger partial charge on any atom is 0.137 e. The Kier molecular flexibility index (Phi) is 3.76. The topological polar surface area (TPSA) is 63.7 Å². The lowest BCUT2D eigenvalue weighted by Crippen LogP contribution is -2.48. The van der Waals surface area contributed by atoms with Crippen LogP contribution in [-0.2, 0) is 4.74 Å². The van der Waals surface area contributed by atoms with Crippen molar-refractivity contribution in [3.8, 4) is 0 Å². The Morgan fingerprint density at radius 2 is 2.30 bits per heavy atom. The molecule has 0 spiro atoms. The number of hydrazine groups is 1. The molecule has 1 saturated heterocycles. The van der Waals surface area contributed by atoms with Crippen molar-refractivity contribution in [1.82, 2.24) is 10.3 Å². The van der Waals surface area contributed by atoms with E-state index >= 15 is 0 Å². The molecule has 3 rings (SSSR count). The Balaban J connectivity index is 1.92. The summed E-state index contributed by atoms with van der Waals surface area (Å²) in [4.78, 5) is 2.24. The van der Waals surface area contributed by atoms with Crippen molar-refractivity contribution in [2.45, 2.75) is 19.1 Å². The van der Waals surface area contributed by atoms with Crippen molar-refractivity contribution < 1.29 is 9.15 Å². The van der Waals surface area contributed by atoms with Gasteiger partial charge < -0.3 is 14.1 Å². The lowest BCUT2D eigenvalue weighted by atomic mass is 10.1. The number of morpholine rings is 1. The van der Waals surface area contributed by atoms with Crippen LogP contribution in [0, 0.1) is 6.92 Å². The molecule has 1 fully saturated rings. The highest BCUT2D eigenvalue weighted by Crippen LogP contribution is 2.29. The molecule has 2 aromatic rings. The average molecular weight is 275 g/mol. The zero-order valence-corrected chi connectivity index (χ0v) is 11.9. The molecule has 0 aliphatic carbocycles. The molecule has 1 aromatic heterocycles. The highest BCUT2D eigenvalue weighted by atomic mass is 16.5. The third-order valence-electron chi connectivity index (χ3n) is 3.91. The van der Waals surface area contributed by atoms with Gasteiger partial charge in [-0.15, -0.1) is 0 Å². The smallest absolute Gasteiger partial charge is 0.137 e. The number of rotatable bonds is 3. The Morgan fingerprint density at radius 1 is 1.45 bits per heavy atom. The van der Waals surface area contributed by atoms with Crippen LogP contribution in [0.2, 0.25) is 0 Å². The maximum absolute atomic E-state index is 6.00. The summed E-state index contributed by atoms with van der Waals surface area (Å²) in [6.07, 6.45) is -0.000353. The monoisotopic (exact) mass is 275 g/mol. The van der Waals surface area contributed by atoms with Crippen molar-refractivity contribution in [1.29, 1.82) is 0 Å². The fourth-order valence-corrected chi connectivity index (χ4v) is 2.77. The van der Waals surface area contributed by atoms with E-state index in [1.165, 1.54) is 0 Å². The number of benzene rings is 1. The summed E-state index contributed by atoms with van der Waals surface area (Å²) >= 11 is 0. The summed E-state index contributed by atoms with van der Waals surface area (Å²) in [5.41, 5.74) is 4.90. The number of nitrogens with one attached hydrogen (secondary N) is 1. The van der Waals surface area contributed by atoms with Crippen LogP contribution in [0.1, 0.15) is 17.4 Å². The van der Waals surface area contributed by atoms with Gasteiger partial charge >= 0.3 is 0 Å². The van der Waals surface area contributed by atoms with Crippen molar-refractivity contribution in [2.24, 2.45) is 5.84 Å². The van der Waals surface area contributed by atoms with Gasteiger partial charge in [0, 0.05) is 18.5 Å². The predicted octanol–water partition coefficient (Wildman–Crippen LogP) is 1.58. The molecule has 1 aromatic carbocycles. The van der Waals surface area contributed by atoms with E-state index in [0.717, 1.165) is 42.0 Å². The SMILES string of the molecule is Cc1cccc2cc(C(NN)C3CN(C)CCO3)oc12. The largest absolute Gasteiger partial charge is 0.459 e. The number of para-hydroxylation sites is 1. The standard InChI is InChI=1S/C15H21N3O2/c1-10-4-3-5-11-8-12(20-15(10)11)14(17-16)13-9-18(2)6-7-19-13/h3-5,8,13-14,17H,6-7,9,16H2,1-2H3. The molecule has 1 aliphatic rings. The molecule has 5 nitrogen and oxygen atoms in total. The molecular weight excluding hydrogens is 254 g/mol. The fraction of sp³-hybridized carbons (Fsp3) is 0.467. The summed E-state index contributed by atoms with van der Waals surface area (Å²) in [6.45, 7) is 4.56. The molecule has 0 bridgehead atoms. The van der Waals surface area contributed by atoms with Gasteiger partial charge in [-0.2, -0.15) is 0 Å². The highest BCUT2D eigenvalue weighted by molar-refractivity contribution is 5.81. The van der Waals surface area contributed by atoms with Gasteiger partial charge in [0.25, 0.3) is 0 Å². The number of aryl methyl sites for hydroxylation is 1. The summed E-state index contributed by atoms with van der Waals surface area (Å²) < 4.78 is 11.8. The number of fused-ring (bicyclic) bond motifs is 1. The average Bonchev–Trinajstić information content (AvgIpc) is 2.85. The Bertz CT molecular complexity index is 596. The second-order valence-corrected chi connectivity index (χ2v) is 5.46. The van der Waals surface area contributed by atoms with E-state index in [-0.39, 0.29) is 12.1 Å². The van der Waals surface area contributed by atoms with E-state index in [1.807, 2.05) is 25.1 Å². The molecule has 0 radical (unpaired) electrons. The van der Waals surface area contributed by atoms with E-state index in [9.17, 15) is 0 Å². The molecule has 1 aliphatic heterocycles. The quantitative estimate of drug-likeness (QED) is 0.657. The first kappa shape index (κ1) is 13.6. The number of nitrogens with zero attached hydrogens (tertiary/aromatic N) is 1. The van der Waals surface area contributed by atoms with Crippen LogP contribution in [-0.4, -0.2) is 37.7 Å². The number of ether oxygens (including phenoxy) is 1. The normalized spacial score (nSPS) is 22.2. The molecule has 0 saturated carbocycles. The Hall–Kier alpha value is -1.40. The van der Waals surface area contributed by atoms with Crippen LogP contribution in [0.5, 0.6) is 0 Å². The maximum atomic E-state index is 6.00. The van der Waals surface area contributed by atoms with Crippen LogP contribution in [0.4, 0.5) is 0 Å². The van der Waals surface area contributed by atoms with Gasteiger partial charge in [-0.25, -0.2) is 5.43 Å². The zero-order valence-electron chi connectivity index (χ0n) is 11.9. The predicted molar refractivity (Wildman–Crippen MR) is 78.3 cm³/mol. The van der Waals surface area contributed by atoms with Crippen LogP contribution in [0.15, 0.2) is 28.7 Å². The zero-order chi connectivity index (χ0) is 14.1. The van der Waals surface area contributed by atoms with Crippen LogP contribution in [0.3, 0.4) is 0 Å². The number of likely N-dealkylation sites (N-methyl/N-ethyl adjacent to an activating group) is 1. The second kappa shape index (κ2) is 5.54. The molecule has 2 atom stereocenters. The lowest BCUT2D eigenvalue weighted by molar-refractivity contribution is -0.0425. The van der Waals surface area contributed by atoms with Gasteiger partial charge in [0.05, 0.1) is 12.7 Å². The lowest BCUT2D eigenvalue weighted by Gasteiger charge is -2.33. The van der Waals surface area contributed by atoms with E-state index in [2.05, 4.69) is 23.4 Å². The van der Waals surface area contributed by atoms with Crippen LogP contribution >= 0.6 is 0 Å². The van der Waals surface area contributed by atoms with Gasteiger partial charge in [-0.1, -0.05) is 18.2 Å². The minimum Gasteiger partial charge on any atom is -0.459 e. The van der Waals surface area contributed by atoms with Gasteiger partial charge in [0.2, 0.25) is 0 Å². The van der Waals surface area contributed by atoms with Crippen molar-refractivity contribution >= 4 is 11.0 Å². The third kappa shape index (κ3) is 2.45. The minimum absolute atomic E-state index is 0.000353. The number of furan rings is 1. The highest BCUT2D eigenvalue weighted by Gasteiger charge is 2.29. The van der Waals surface area contributed by atoms with E-state index in [1.54, 1.807) is 0 Å². The first-order chi connectivity index (χ1) is 9.69. The summed E-state index contributed by atoms with van der Waals surface area (Å²) in [6, 6.07) is 8.05. The summed E-state index contributed by atoms with van der Waals surface area (Å²) in [5, 5.41) is 1.10. The first-order valence-corrected chi connectivity index (χ1v) is 6.94. The van der Waals surface area contributed by atoms with Gasteiger partial charge in [0.1, 0.15) is 17.4 Å². The number of hydrogen-bond acceptors (Lipinski definition) is 5. The molecular formula is C15H21N3O2. The molecule has 5 heteroatoms. The van der Waals surface area contributed by atoms with Gasteiger partial charge in [0.15, 0.2) is 0 Å². The Labute approximate surface area is 118 Å². The van der Waals surface area contributed by atoms with Crippen molar-refractivity contribution in [2.75, 3.05) is 26.7 Å². The molecule has 3 N–H and O–H groups in total. The van der Waals surface area contributed by atoms with Crippen LogP contribution in [0.25, 0.3) is 11.0 Å². The van der Waals surface area contributed by atoms with E-state index < -0.39 is 0 Å². The Morgan fingerprint density at radius 3 is 3.00 bits per heavy atom. The third-order valence-corrected chi connectivity index (χ3v) is 3.91. The van der Waals surface area contributed by atoms with Gasteiger partial charge in [-0.3, -0.25) is 5.84 Å². The summed E-state index contributed by atoms with van der Waals surface area (Å²) in [7, 11) is 2.09. The molecule has 108 valence electrons. The molecule has 2 heterocycles. The molecule has 20 heavy (non-hydrogen) atoms. The summed E-state index contributed by atoms with van der Waals surface area (Å²) in [5.74, 6) is 6.56. The minimum atomic E-state index is -0.135. The number of nitrogens with two attached hydrogens (primary N) is 1. The van der Waals surface area contributed by atoms with E-state index in [0.29, 0.717) is 0 Å². The first-order valence-electron chi connectivity index (χ1n) is 6.94. The van der Waals surface area contributed by atoms with Crippen molar-refractivity contribution in [3.63, 3.8) is 0 Å². The van der Waals surface area contributed by atoms with Crippen molar-refractivity contribution in [3.05, 3.63) is 35.6 Å². The fourth-order valence-electron chi connectivity index (χ4n) is 2.77.